The first-order valence-corrected chi connectivity index (χ1v) is 7.12. The van der Waals surface area contributed by atoms with Crippen molar-refractivity contribution in [2.24, 2.45) is 4.99 Å². The molecule has 5 nitrogen and oxygen atoms in total. The summed E-state index contributed by atoms with van der Waals surface area (Å²) in [4.78, 5) is 6.71. The van der Waals surface area contributed by atoms with Gasteiger partial charge in [-0.3, -0.25) is 4.99 Å². The Morgan fingerprint density at radius 3 is 2.76 bits per heavy atom. The van der Waals surface area contributed by atoms with E-state index in [1.54, 1.807) is 6.26 Å². The van der Waals surface area contributed by atoms with Gasteiger partial charge in [-0.2, -0.15) is 0 Å². The van der Waals surface area contributed by atoms with Crippen LogP contribution in [-0.4, -0.2) is 42.1 Å². The lowest BCUT2D eigenvalue weighted by Crippen LogP contribution is -2.23. The zero-order chi connectivity index (χ0) is 14.8. The van der Waals surface area contributed by atoms with E-state index < -0.39 is 0 Å². The Hall–Kier alpha value is -2.30. The third-order valence-corrected chi connectivity index (χ3v) is 3.37. The maximum atomic E-state index is 5.95. The second-order valence-corrected chi connectivity index (χ2v) is 5.39. The van der Waals surface area contributed by atoms with E-state index >= 15 is 0 Å². The molecule has 110 valence electrons. The molecule has 0 spiro atoms. The van der Waals surface area contributed by atoms with Gasteiger partial charge in [0.25, 0.3) is 0 Å². The lowest BCUT2D eigenvalue weighted by molar-refractivity contribution is 0.243. The van der Waals surface area contributed by atoms with Crippen molar-refractivity contribution in [1.29, 1.82) is 0 Å². The van der Waals surface area contributed by atoms with Crippen LogP contribution in [0.1, 0.15) is 19.4 Å². The van der Waals surface area contributed by atoms with Crippen molar-refractivity contribution in [2.75, 3.05) is 20.1 Å². The number of aromatic nitrogens is 1. The maximum absolute atomic E-state index is 5.95. The molecular formula is C16H19N3O2. The summed E-state index contributed by atoms with van der Waals surface area (Å²) in [6.45, 7) is 5.83. The van der Waals surface area contributed by atoms with Gasteiger partial charge >= 0.3 is 0 Å². The number of aliphatic imine (C=N–C) groups is 1. The van der Waals surface area contributed by atoms with Gasteiger partial charge in [-0.1, -0.05) is 11.2 Å². The van der Waals surface area contributed by atoms with Crippen molar-refractivity contribution in [2.45, 2.75) is 20.0 Å². The van der Waals surface area contributed by atoms with E-state index in [0.29, 0.717) is 0 Å². The van der Waals surface area contributed by atoms with Crippen molar-refractivity contribution in [3.8, 4) is 17.0 Å². The second kappa shape index (κ2) is 5.60. The van der Waals surface area contributed by atoms with Crippen LogP contribution in [0.4, 0.5) is 0 Å². The molecule has 0 amide bonds. The van der Waals surface area contributed by atoms with E-state index in [1.165, 1.54) is 0 Å². The van der Waals surface area contributed by atoms with Crippen molar-refractivity contribution in [3.63, 3.8) is 0 Å². The Morgan fingerprint density at radius 1 is 1.29 bits per heavy atom. The minimum Gasteiger partial charge on any atom is -0.490 e. The van der Waals surface area contributed by atoms with Gasteiger partial charge in [0.05, 0.1) is 12.6 Å². The number of ether oxygens (including phenoxy) is 1. The fourth-order valence-electron chi connectivity index (χ4n) is 2.42. The van der Waals surface area contributed by atoms with Crippen LogP contribution < -0.4 is 4.74 Å². The lowest BCUT2D eigenvalue weighted by atomic mass is 10.1. The quantitative estimate of drug-likeness (QED) is 0.866. The highest BCUT2D eigenvalue weighted by Crippen LogP contribution is 2.31. The SMILES string of the molecule is CC(C)Oc1cc(C2=NCCN2C)ccc1-c1ccon1. The molecule has 5 heteroatoms. The Balaban J connectivity index is 2.02. The zero-order valence-corrected chi connectivity index (χ0v) is 12.5. The first-order valence-electron chi connectivity index (χ1n) is 7.12. The zero-order valence-electron chi connectivity index (χ0n) is 12.5. The monoisotopic (exact) mass is 285 g/mol. The van der Waals surface area contributed by atoms with Gasteiger partial charge in [0.15, 0.2) is 0 Å². The van der Waals surface area contributed by atoms with E-state index in [2.05, 4.69) is 28.2 Å². The number of hydrogen-bond acceptors (Lipinski definition) is 5. The van der Waals surface area contributed by atoms with Crippen LogP contribution in [0.2, 0.25) is 0 Å². The van der Waals surface area contributed by atoms with Crippen LogP contribution >= 0.6 is 0 Å². The summed E-state index contributed by atoms with van der Waals surface area (Å²) in [7, 11) is 2.06. The Kier molecular flexibility index (Phi) is 3.64. The van der Waals surface area contributed by atoms with E-state index in [-0.39, 0.29) is 6.10 Å². The summed E-state index contributed by atoms with van der Waals surface area (Å²) in [5, 5.41) is 4.00. The van der Waals surface area contributed by atoms with Gasteiger partial charge in [-0.15, -0.1) is 0 Å². The summed E-state index contributed by atoms with van der Waals surface area (Å²) in [6, 6.07) is 7.93. The van der Waals surface area contributed by atoms with E-state index in [0.717, 1.165) is 41.5 Å². The standard InChI is InChI=1S/C16H19N3O2/c1-11(2)21-15-10-12(16-17-7-8-19(16)3)4-5-13(15)14-6-9-20-18-14/h4-6,9-11H,7-8H2,1-3H3. The van der Waals surface area contributed by atoms with Crippen molar-refractivity contribution in [1.82, 2.24) is 10.1 Å². The van der Waals surface area contributed by atoms with Crippen LogP contribution in [0.3, 0.4) is 0 Å². The number of rotatable bonds is 4. The van der Waals surface area contributed by atoms with Gasteiger partial charge in [0.1, 0.15) is 23.5 Å². The van der Waals surface area contributed by atoms with Gasteiger partial charge in [0, 0.05) is 30.8 Å². The molecule has 0 radical (unpaired) electrons. The smallest absolute Gasteiger partial charge is 0.130 e. The van der Waals surface area contributed by atoms with Crippen LogP contribution in [0.15, 0.2) is 40.0 Å². The van der Waals surface area contributed by atoms with Crippen molar-refractivity contribution >= 4 is 5.84 Å². The third kappa shape index (κ3) is 2.77. The molecule has 0 N–H and O–H groups in total. The normalized spacial score (nSPS) is 14.7. The summed E-state index contributed by atoms with van der Waals surface area (Å²) in [5.74, 6) is 1.81. The molecule has 0 bridgehead atoms. The molecule has 1 aliphatic rings. The molecule has 2 heterocycles. The maximum Gasteiger partial charge on any atom is 0.130 e. The number of hydrogen-bond donors (Lipinski definition) is 0. The Labute approximate surface area is 124 Å². The lowest BCUT2D eigenvalue weighted by Gasteiger charge is -2.17. The van der Waals surface area contributed by atoms with Crippen molar-refractivity contribution in [3.05, 3.63) is 36.1 Å². The molecule has 0 saturated heterocycles. The molecule has 0 saturated carbocycles. The third-order valence-electron chi connectivity index (χ3n) is 3.37. The first-order chi connectivity index (χ1) is 10.1. The highest BCUT2D eigenvalue weighted by atomic mass is 16.5. The topological polar surface area (TPSA) is 50.9 Å². The van der Waals surface area contributed by atoms with Crippen LogP contribution in [0.5, 0.6) is 5.75 Å². The Bertz CT molecular complexity index is 648. The Morgan fingerprint density at radius 2 is 2.14 bits per heavy atom. The van der Waals surface area contributed by atoms with Gasteiger partial charge < -0.3 is 14.2 Å². The number of likely N-dealkylation sites (N-methyl/N-ethyl adjacent to an activating group) is 1. The molecule has 0 unspecified atom stereocenters. The average Bonchev–Trinajstić information content (AvgIpc) is 3.09. The van der Waals surface area contributed by atoms with Crippen LogP contribution in [0.25, 0.3) is 11.3 Å². The molecule has 0 fully saturated rings. The molecule has 0 aliphatic carbocycles. The summed E-state index contributed by atoms with van der Waals surface area (Å²) in [5.41, 5.74) is 2.78. The highest BCUT2D eigenvalue weighted by molar-refractivity contribution is 6.00. The van der Waals surface area contributed by atoms with Crippen LogP contribution in [-0.2, 0) is 0 Å². The summed E-state index contributed by atoms with van der Waals surface area (Å²) < 4.78 is 10.9. The summed E-state index contributed by atoms with van der Waals surface area (Å²) in [6.07, 6.45) is 1.66. The van der Waals surface area contributed by atoms with Gasteiger partial charge in [0.2, 0.25) is 0 Å². The molecule has 0 atom stereocenters. The van der Waals surface area contributed by atoms with Crippen LogP contribution in [0, 0.1) is 0 Å². The molecule has 1 aliphatic heterocycles. The fourth-order valence-corrected chi connectivity index (χ4v) is 2.42. The molecule has 3 rings (SSSR count). The van der Waals surface area contributed by atoms with Crippen molar-refractivity contribution < 1.29 is 9.26 Å². The first kappa shape index (κ1) is 13.7. The minimum atomic E-state index is 0.0918. The van der Waals surface area contributed by atoms with E-state index in [9.17, 15) is 0 Å². The molecule has 1 aromatic heterocycles. The second-order valence-electron chi connectivity index (χ2n) is 5.39. The predicted molar refractivity (Wildman–Crippen MR) is 81.7 cm³/mol. The molecule has 21 heavy (non-hydrogen) atoms. The molecule has 2 aromatic rings. The van der Waals surface area contributed by atoms with E-state index in [1.807, 2.05) is 32.0 Å². The average molecular weight is 285 g/mol. The summed E-state index contributed by atoms with van der Waals surface area (Å²) >= 11 is 0. The number of amidine groups is 1. The highest BCUT2D eigenvalue weighted by Gasteiger charge is 2.18. The molecular weight excluding hydrogens is 266 g/mol. The number of benzene rings is 1. The predicted octanol–water partition coefficient (Wildman–Crippen LogP) is 2.82. The minimum absolute atomic E-state index is 0.0918. The van der Waals surface area contributed by atoms with Gasteiger partial charge in [-0.25, -0.2) is 0 Å². The largest absolute Gasteiger partial charge is 0.490 e. The van der Waals surface area contributed by atoms with E-state index in [4.69, 9.17) is 9.26 Å². The fraction of sp³-hybridized carbons (Fsp3) is 0.375. The molecule has 1 aromatic carbocycles. The van der Waals surface area contributed by atoms with Gasteiger partial charge in [-0.05, 0) is 26.0 Å². The number of nitrogens with zero attached hydrogens (tertiary/aromatic N) is 3.